The molecular weight excluding hydrogens is 275 g/mol. The highest BCUT2D eigenvalue weighted by Crippen LogP contribution is 2.33. The third-order valence-electron chi connectivity index (χ3n) is 3.20. The van der Waals surface area contributed by atoms with Crippen LogP contribution in [0.2, 0.25) is 0 Å². The summed E-state index contributed by atoms with van der Waals surface area (Å²) in [5.41, 5.74) is 0.955. The molecule has 0 radical (unpaired) electrons. The number of aryl methyl sites for hydroxylation is 1. The van der Waals surface area contributed by atoms with Crippen LogP contribution >= 0.6 is 0 Å². The van der Waals surface area contributed by atoms with Crippen LogP contribution in [-0.2, 0) is 0 Å². The summed E-state index contributed by atoms with van der Waals surface area (Å²) >= 11 is 0. The van der Waals surface area contributed by atoms with E-state index >= 15 is 0 Å². The van der Waals surface area contributed by atoms with Gasteiger partial charge in [-0.1, -0.05) is 23.8 Å². The molecule has 2 aromatic carbocycles. The third-order valence-corrected chi connectivity index (χ3v) is 3.20. The Kier molecular flexibility index (Phi) is 4.07. The highest BCUT2D eigenvalue weighted by molar-refractivity contribution is 5.63. The number of phenols is 1. The normalized spacial score (nSPS) is 12.0. The zero-order valence-electron chi connectivity index (χ0n) is 11.6. The summed E-state index contributed by atoms with van der Waals surface area (Å²) in [5.74, 6) is -0.650. The molecule has 2 N–H and O–H groups in total. The van der Waals surface area contributed by atoms with Crippen LogP contribution in [0.15, 0.2) is 36.4 Å². The smallest absolute Gasteiger partial charge is 0.295 e. The van der Waals surface area contributed by atoms with Crippen molar-refractivity contribution < 1.29 is 14.4 Å². The number of para-hydroxylation sites is 1. The van der Waals surface area contributed by atoms with Crippen molar-refractivity contribution in [3.8, 4) is 5.75 Å². The molecule has 6 heteroatoms. The lowest BCUT2D eigenvalue weighted by Crippen LogP contribution is -2.10. The molecule has 1 unspecified atom stereocenters. The molecule has 0 aliphatic rings. The lowest BCUT2D eigenvalue weighted by atomic mass is 10.0. The van der Waals surface area contributed by atoms with Gasteiger partial charge >= 0.3 is 0 Å². The first-order valence-electron chi connectivity index (χ1n) is 6.39. The minimum Gasteiger partial charge on any atom is -0.508 e. The fraction of sp³-hybridized carbons (Fsp3) is 0.200. The molecule has 1 atom stereocenters. The first-order chi connectivity index (χ1) is 9.90. The second-order valence-corrected chi connectivity index (χ2v) is 4.82. The highest BCUT2D eigenvalue weighted by Gasteiger charge is 2.21. The Labute approximate surface area is 121 Å². The van der Waals surface area contributed by atoms with Crippen molar-refractivity contribution in [2.24, 2.45) is 0 Å². The second kappa shape index (κ2) is 5.78. The summed E-state index contributed by atoms with van der Waals surface area (Å²) in [7, 11) is 0. The summed E-state index contributed by atoms with van der Waals surface area (Å²) in [6.07, 6.45) is 0. The van der Waals surface area contributed by atoms with Gasteiger partial charge in [0.2, 0.25) is 0 Å². The number of nitro benzene ring substituents is 1. The first-order valence-corrected chi connectivity index (χ1v) is 6.39. The fourth-order valence-electron chi connectivity index (χ4n) is 2.12. The number of nitro groups is 1. The summed E-state index contributed by atoms with van der Waals surface area (Å²) in [6.45, 7) is 3.56. The Bertz CT molecular complexity index is 689. The fourth-order valence-corrected chi connectivity index (χ4v) is 2.12. The number of anilines is 1. The van der Waals surface area contributed by atoms with Gasteiger partial charge in [-0.05, 0) is 26.0 Å². The third kappa shape index (κ3) is 3.10. The molecule has 110 valence electrons. The van der Waals surface area contributed by atoms with Crippen LogP contribution in [0.1, 0.15) is 24.1 Å². The molecule has 0 spiro atoms. The lowest BCUT2D eigenvalue weighted by Gasteiger charge is -2.17. The SMILES string of the molecule is Cc1ccc(O)c(C(C)Nc2c(F)cccc2[N+](=O)[O-])c1. The maximum atomic E-state index is 13.8. The van der Waals surface area contributed by atoms with Crippen molar-refractivity contribution in [2.75, 3.05) is 5.32 Å². The number of hydrogen-bond acceptors (Lipinski definition) is 4. The Morgan fingerprint density at radius 3 is 2.71 bits per heavy atom. The summed E-state index contributed by atoms with van der Waals surface area (Å²) in [5, 5.41) is 23.6. The molecule has 2 aromatic rings. The summed E-state index contributed by atoms with van der Waals surface area (Å²) in [6, 6.07) is 8.22. The van der Waals surface area contributed by atoms with E-state index in [2.05, 4.69) is 5.32 Å². The number of nitrogens with one attached hydrogen (secondary N) is 1. The minimum absolute atomic E-state index is 0.0552. The molecule has 0 fully saturated rings. The number of benzene rings is 2. The predicted molar refractivity (Wildman–Crippen MR) is 77.9 cm³/mol. The first kappa shape index (κ1) is 14.8. The van der Waals surface area contributed by atoms with Crippen LogP contribution in [0.3, 0.4) is 0 Å². The number of nitrogens with zero attached hydrogens (tertiary/aromatic N) is 1. The molecule has 21 heavy (non-hydrogen) atoms. The van der Waals surface area contributed by atoms with Gasteiger partial charge in [-0.2, -0.15) is 0 Å². The lowest BCUT2D eigenvalue weighted by molar-refractivity contribution is -0.384. The molecule has 0 saturated heterocycles. The van der Waals surface area contributed by atoms with Gasteiger partial charge in [0.1, 0.15) is 11.4 Å². The summed E-state index contributed by atoms with van der Waals surface area (Å²) < 4.78 is 13.8. The number of hydrogen-bond donors (Lipinski definition) is 2. The quantitative estimate of drug-likeness (QED) is 0.661. The van der Waals surface area contributed by atoms with Crippen LogP contribution in [-0.4, -0.2) is 10.0 Å². The van der Waals surface area contributed by atoms with Gasteiger partial charge in [0.15, 0.2) is 5.82 Å². The molecule has 0 amide bonds. The highest BCUT2D eigenvalue weighted by atomic mass is 19.1. The standard InChI is InChI=1S/C15H15FN2O3/c1-9-6-7-14(19)11(8-9)10(2)17-15-12(16)4-3-5-13(15)18(20)21/h3-8,10,17,19H,1-2H3. The van der Waals surface area contributed by atoms with Gasteiger partial charge in [0.05, 0.1) is 11.0 Å². The van der Waals surface area contributed by atoms with E-state index < -0.39 is 16.8 Å². The number of aromatic hydroxyl groups is 1. The van der Waals surface area contributed by atoms with E-state index in [1.54, 1.807) is 25.1 Å². The number of phenolic OH excluding ortho intramolecular Hbond substituents is 1. The van der Waals surface area contributed by atoms with Crippen molar-refractivity contribution in [3.05, 3.63) is 63.5 Å². The minimum atomic E-state index is -0.705. The van der Waals surface area contributed by atoms with E-state index in [9.17, 15) is 19.6 Å². The van der Waals surface area contributed by atoms with Crippen LogP contribution < -0.4 is 5.32 Å². The average Bonchev–Trinajstić information content (AvgIpc) is 2.43. The largest absolute Gasteiger partial charge is 0.508 e. The molecule has 2 rings (SSSR count). The van der Waals surface area contributed by atoms with Gasteiger partial charge < -0.3 is 10.4 Å². The molecule has 0 heterocycles. The Hall–Kier alpha value is -2.63. The van der Waals surface area contributed by atoms with Crippen molar-refractivity contribution in [2.45, 2.75) is 19.9 Å². The van der Waals surface area contributed by atoms with E-state index in [0.717, 1.165) is 11.6 Å². The van der Waals surface area contributed by atoms with E-state index in [4.69, 9.17) is 0 Å². The zero-order chi connectivity index (χ0) is 15.6. The number of rotatable bonds is 4. The van der Waals surface area contributed by atoms with Crippen molar-refractivity contribution in [3.63, 3.8) is 0 Å². The number of halogens is 1. The topological polar surface area (TPSA) is 75.4 Å². The Morgan fingerprint density at radius 1 is 1.33 bits per heavy atom. The van der Waals surface area contributed by atoms with Gasteiger partial charge in [0, 0.05) is 11.6 Å². The second-order valence-electron chi connectivity index (χ2n) is 4.82. The van der Waals surface area contributed by atoms with E-state index in [0.29, 0.717) is 5.56 Å². The van der Waals surface area contributed by atoms with Crippen LogP contribution in [0, 0.1) is 22.9 Å². The molecule has 0 saturated carbocycles. The molecule has 0 aromatic heterocycles. The van der Waals surface area contributed by atoms with Gasteiger partial charge in [-0.3, -0.25) is 10.1 Å². The van der Waals surface area contributed by atoms with Gasteiger partial charge in [0.25, 0.3) is 5.69 Å². The molecule has 0 aliphatic heterocycles. The van der Waals surface area contributed by atoms with Crippen molar-refractivity contribution >= 4 is 11.4 Å². The zero-order valence-corrected chi connectivity index (χ0v) is 11.6. The Balaban J connectivity index is 2.38. The van der Waals surface area contributed by atoms with Crippen LogP contribution in [0.5, 0.6) is 5.75 Å². The molecular formula is C15H15FN2O3. The predicted octanol–water partition coefficient (Wildman–Crippen LogP) is 3.92. The molecule has 0 bridgehead atoms. The average molecular weight is 290 g/mol. The van der Waals surface area contributed by atoms with E-state index in [1.165, 1.54) is 12.1 Å². The Morgan fingerprint density at radius 2 is 2.05 bits per heavy atom. The van der Waals surface area contributed by atoms with E-state index in [-0.39, 0.29) is 17.1 Å². The monoisotopic (exact) mass is 290 g/mol. The van der Waals surface area contributed by atoms with Crippen LogP contribution in [0.4, 0.5) is 15.8 Å². The van der Waals surface area contributed by atoms with Crippen LogP contribution in [0.25, 0.3) is 0 Å². The maximum absolute atomic E-state index is 13.8. The molecule has 5 nitrogen and oxygen atoms in total. The van der Waals surface area contributed by atoms with E-state index in [1.807, 2.05) is 6.92 Å². The van der Waals surface area contributed by atoms with Crippen molar-refractivity contribution in [1.29, 1.82) is 0 Å². The van der Waals surface area contributed by atoms with Crippen molar-refractivity contribution in [1.82, 2.24) is 0 Å². The molecule has 0 aliphatic carbocycles. The van der Waals surface area contributed by atoms with Gasteiger partial charge in [-0.15, -0.1) is 0 Å². The maximum Gasteiger partial charge on any atom is 0.295 e. The summed E-state index contributed by atoms with van der Waals surface area (Å²) in [4.78, 5) is 10.3. The van der Waals surface area contributed by atoms with Gasteiger partial charge in [-0.25, -0.2) is 4.39 Å².